The highest BCUT2D eigenvalue weighted by Gasteiger charge is 2.44. The van der Waals surface area contributed by atoms with E-state index in [0.717, 1.165) is 0 Å². The van der Waals surface area contributed by atoms with E-state index in [-0.39, 0.29) is 36.6 Å². The number of rotatable bonds is 2. The van der Waals surface area contributed by atoms with Gasteiger partial charge in [-0.25, -0.2) is 0 Å². The Morgan fingerprint density at radius 1 is 1.32 bits per heavy atom. The van der Waals surface area contributed by atoms with E-state index in [1.54, 1.807) is 7.05 Å². The van der Waals surface area contributed by atoms with Crippen LogP contribution in [0.4, 0.5) is 13.2 Å². The second-order valence-corrected chi connectivity index (χ2v) is 5.61. The minimum absolute atomic E-state index is 0.0541. The number of likely N-dealkylation sites (N-methyl/N-ethyl adjacent to an activating group) is 1. The van der Waals surface area contributed by atoms with Crippen LogP contribution in [0.2, 0.25) is 0 Å². The van der Waals surface area contributed by atoms with Gasteiger partial charge >= 0.3 is 6.18 Å². The molecule has 1 aromatic rings. The number of hydrogen-bond acceptors (Lipinski definition) is 3. The van der Waals surface area contributed by atoms with Gasteiger partial charge in [-0.1, -0.05) is 0 Å². The maximum absolute atomic E-state index is 12.8. The van der Waals surface area contributed by atoms with Gasteiger partial charge in [0.15, 0.2) is 0 Å². The smallest absolute Gasteiger partial charge is 0.348 e. The predicted octanol–water partition coefficient (Wildman–Crippen LogP) is 1.14. The maximum Gasteiger partial charge on any atom is 0.404 e. The summed E-state index contributed by atoms with van der Waals surface area (Å²) >= 11 is 0. The number of carbonyl (C=O) groups is 1. The Labute approximate surface area is 125 Å². The molecule has 0 bridgehead atoms. The predicted molar refractivity (Wildman–Crippen MR) is 74.6 cm³/mol. The van der Waals surface area contributed by atoms with Crippen LogP contribution in [0, 0.1) is 0 Å². The van der Waals surface area contributed by atoms with Gasteiger partial charge in [0.05, 0.1) is 0 Å². The first kappa shape index (κ1) is 16.5. The Balaban J connectivity index is 1.99. The Hall–Kier alpha value is -1.83. The Morgan fingerprint density at radius 2 is 2.00 bits per heavy atom. The van der Waals surface area contributed by atoms with Crippen molar-refractivity contribution in [1.29, 1.82) is 0 Å². The number of pyridine rings is 1. The second-order valence-electron chi connectivity index (χ2n) is 5.61. The van der Waals surface area contributed by atoms with Crippen molar-refractivity contribution in [2.75, 3.05) is 13.6 Å². The first-order valence-corrected chi connectivity index (χ1v) is 6.93. The average Bonchev–Trinajstić information content (AvgIpc) is 2.40. The normalized spacial score (nSPS) is 23.3. The standard InChI is InChI=1S/C14H18F3N3O2/c1-19-6-5-9(7-12(19)21)13(22)18-10-3-4-11(14(15,16)17)20(2)8-10/h5-7,10-11H,3-4,8H2,1-2H3,(H,18,22). The molecule has 1 aliphatic heterocycles. The van der Waals surface area contributed by atoms with Crippen molar-refractivity contribution in [2.45, 2.75) is 31.1 Å². The molecule has 0 radical (unpaired) electrons. The van der Waals surface area contributed by atoms with E-state index in [0.29, 0.717) is 0 Å². The molecular formula is C14H18F3N3O2. The molecule has 122 valence electrons. The van der Waals surface area contributed by atoms with Crippen molar-refractivity contribution in [1.82, 2.24) is 14.8 Å². The van der Waals surface area contributed by atoms with Crippen molar-refractivity contribution in [3.63, 3.8) is 0 Å². The molecule has 2 unspecified atom stereocenters. The van der Waals surface area contributed by atoms with Crippen molar-refractivity contribution < 1.29 is 18.0 Å². The highest BCUT2D eigenvalue weighted by atomic mass is 19.4. The van der Waals surface area contributed by atoms with E-state index in [4.69, 9.17) is 0 Å². The fraction of sp³-hybridized carbons (Fsp3) is 0.571. The number of carbonyl (C=O) groups excluding carboxylic acids is 1. The highest BCUT2D eigenvalue weighted by Crippen LogP contribution is 2.30. The molecule has 5 nitrogen and oxygen atoms in total. The maximum atomic E-state index is 12.8. The van der Waals surface area contributed by atoms with Crippen molar-refractivity contribution in [3.8, 4) is 0 Å². The molecule has 0 saturated carbocycles. The fourth-order valence-corrected chi connectivity index (χ4v) is 2.64. The summed E-state index contributed by atoms with van der Waals surface area (Å²) in [6, 6.07) is 0.882. The van der Waals surface area contributed by atoms with Crippen LogP contribution in [0.5, 0.6) is 0 Å². The second kappa shape index (κ2) is 6.12. The van der Waals surface area contributed by atoms with Crippen LogP contribution in [-0.4, -0.2) is 47.2 Å². The number of nitrogens with one attached hydrogen (secondary N) is 1. The van der Waals surface area contributed by atoms with Crippen LogP contribution >= 0.6 is 0 Å². The van der Waals surface area contributed by atoms with Crippen molar-refractivity contribution >= 4 is 5.91 Å². The minimum Gasteiger partial charge on any atom is -0.348 e. The van der Waals surface area contributed by atoms with E-state index in [1.807, 2.05) is 0 Å². The number of likely N-dealkylation sites (tertiary alicyclic amines) is 1. The van der Waals surface area contributed by atoms with Gasteiger partial charge in [-0.05, 0) is 26.0 Å². The van der Waals surface area contributed by atoms with Crippen LogP contribution in [-0.2, 0) is 7.05 Å². The van der Waals surface area contributed by atoms with Gasteiger partial charge in [-0.15, -0.1) is 0 Å². The third kappa shape index (κ3) is 3.68. The first-order valence-electron chi connectivity index (χ1n) is 6.93. The van der Waals surface area contributed by atoms with Gasteiger partial charge in [0.25, 0.3) is 11.5 Å². The van der Waals surface area contributed by atoms with Crippen molar-refractivity contribution in [3.05, 3.63) is 34.2 Å². The van der Waals surface area contributed by atoms with Crippen molar-refractivity contribution in [2.24, 2.45) is 7.05 Å². The lowest BCUT2D eigenvalue weighted by molar-refractivity contribution is -0.188. The molecule has 2 atom stereocenters. The largest absolute Gasteiger partial charge is 0.404 e. The summed E-state index contributed by atoms with van der Waals surface area (Å²) < 4.78 is 39.6. The third-order valence-corrected chi connectivity index (χ3v) is 3.91. The van der Waals surface area contributed by atoms with Gasteiger partial charge in [-0.2, -0.15) is 13.2 Å². The Morgan fingerprint density at radius 3 is 2.55 bits per heavy atom. The van der Waals surface area contributed by atoms with Crippen LogP contribution in [0.15, 0.2) is 23.1 Å². The number of halogens is 3. The van der Waals surface area contributed by atoms with Gasteiger partial charge in [0.1, 0.15) is 6.04 Å². The summed E-state index contributed by atoms with van der Waals surface area (Å²) in [5, 5.41) is 2.69. The van der Waals surface area contributed by atoms with E-state index in [2.05, 4.69) is 5.32 Å². The van der Waals surface area contributed by atoms with Gasteiger partial charge in [-0.3, -0.25) is 14.5 Å². The summed E-state index contributed by atoms with van der Waals surface area (Å²) in [6.45, 7) is 0.126. The number of nitrogens with zero attached hydrogens (tertiary/aromatic N) is 2. The lowest BCUT2D eigenvalue weighted by atomic mass is 9.98. The Bertz CT molecular complexity index is 612. The number of aromatic nitrogens is 1. The molecule has 2 heterocycles. The molecule has 1 N–H and O–H groups in total. The van der Waals surface area contributed by atoms with E-state index in [1.165, 1.54) is 34.8 Å². The topological polar surface area (TPSA) is 54.3 Å². The summed E-state index contributed by atoms with van der Waals surface area (Å²) in [6.07, 6.45) is -2.58. The summed E-state index contributed by atoms with van der Waals surface area (Å²) in [5.41, 5.74) is -0.103. The molecule has 1 aliphatic rings. The van der Waals surface area contributed by atoms with Crippen LogP contribution < -0.4 is 10.9 Å². The lowest BCUT2D eigenvalue weighted by Crippen LogP contribution is -2.54. The molecular weight excluding hydrogens is 299 g/mol. The zero-order valence-corrected chi connectivity index (χ0v) is 12.4. The Kier molecular flexibility index (Phi) is 4.60. The molecule has 22 heavy (non-hydrogen) atoms. The van der Waals surface area contributed by atoms with E-state index < -0.39 is 18.1 Å². The molecule has 1 saturated heterocycles. The quantitative estimate of drug-likeness (QED) is 0.890. The number of piperidine rings is 1. The van der Waals surface area contributed by atoms with Gasteiger partial charge in [0.2, 0.25) is 0 Å². The summed E-state index contributed by atoms with van der Waals surface area (Å²) in [5.74, 6) is -0.443. The van der Waals surface area contributed by atoms with Crippen LogP contribution in [0.1, 0.15) is 23.2 Å². The fourth-order valence-electron chi connectivity index (χ4n) is 2.64. The van der Waals surface area contributed by atoms with Crippen LogP contribution in [0.3, 0.4) is 0 Å². The van der Waals surface area contributed by atoms with E-state index in [9.17, 15) is 22.8 Å². The number of amides is 1. The number of hydrogen-bond donors (Lipinski definition) is 1. The molecule has 1 aromatic heterocycles. The molecule has 2 rings (SSSR count). The summed E-state index contributed by atoms with van der Waals surface area (Å²) in [7, 11) is 2.96. The SMILES string of the molecule is CN1CC(NC(=O)c2ccn(C)c(=O)c2)CCC1C(F)(F)F. The first-order chi connectivity index (χ1) is 10.2. The molecule has 0 aromatic carbocycles. The van der Waals surface area contributed by atoms with E-state index >= 15 is 0 Å². The lowest BCUT2D eigenvalue weighted by Gasteiger charge is -2.38. The molecule has 1 fully saturated rings. The third-order valence-electron chi connectivity index (χ3n) is 3.91. The molecule has 0 aliphatic carbocycles. The molecule has 1 amide bonds. The molecule has 8 heteroatoms. The number of aryl methyl sites for hydroxylation is 1. The monoisotopic (exact) mass is 317 g/mol. The van der Waals surface area contributed by atoms with Gasteiger partial charge < -0.3 is 9.88 Å². The minimum atomic E-state index is -4.25. The highest BCUT2D eigenvalue weighted by molar-refractivity contribution is 5.94. The molecule has 0 spiro atoms. The summed E-state index contributed by atoms with van der Waals surface area (Å²) in [4.78, 5) is 24.8. The zero-order valence-electron chi connectivity index (χ0n) is 12.4. The zero-order chi connectivity index (χ0) is 16.5. The van der Waals surface area contributed by atoms with Crippen LogP contribution in [0.25, 0.3) is 0 Å². The van der Waals surface area contributed by atoms with Gasteiger partial charge in [0, 0.05) is 37.5 Å². The average molecular weight is 317 g/mol. The number of alkyl halides is 3.